The van der Waals surface area contributed by atoms with Crippen molar-refractivity contribution in [3.63, 3.8) is 0 Å². The standard InChI is InChI=1S/C16H19F3N2O2/c1-3-20-14(22)11-21(4-2)15(23)10-7-12-5-8-13(9-6-12)16(17,18)19/h5-10H,3-4,11H2,1-2H3,(H,20,22)/b10-7+. The highest BCUT2D eigenvalue weighted by molar-refractivity contribution is 5.94. The Kier molecular flexibility index (Phi) is 6.81. The SMILES string of the molecule is CCNC(=O)CN(CC)C(=O)/C=C/c1ccc(C(F)(F)F)cc1. The first-order valence-corrected chi connectivity index (χ1v) is 7.18. The van der Waals surface area contributed by atoms with E-state index in [1.807, 2.05) is 0 Å². The van der Waals surface area contributed by atoms with Crippen LogP contribution in [-0.2, 0) is 15.8 Å². The molecule has 0 atom stereocenters. The summed E-state index contributed by atoms with van der Waals surface area (Å²) >= 11 is 0. The Labute approximate surface area is 133 Å². The normalized spacial score (nSPS) is 11.5. The number of hydrogen-bond donors (Lipinski definition) is 1. The van der Waals surface area contributed by atoms with Crippen LogP contribution < -0.4 is 5.32 Å². The van der Waals surface area contributed by atoms with Crippen molar-refractivity contribution in [2.24, 2.45) is 0 Å². The van der Waals surface area contributed by atoms with Crippen molar-refractivity contribution in [1.82, 2.24) is 10.2 Å². The fourth-order valence-electron chi connectivity index (χ4n) is 1.83. The van der Waals surface area contributed by atoms with Crippen LogP contribution in [0.15, 0.2) is 30.3 Å². The van der Waals surface area contributed by atoms with Crippen LogP contribution in [0.25, 0.3) is 6.08 Å². The van der Waals surface area contributed by atoms with E-state index in [9.17, 15) is 22.8 Å². The molecule has 0 aliphatic heterocycles. The summed E-state index contributed by atoms with van der Waals surface area (Å²) in [5, 5.41) is 2.60. The number of amides is 2. The summed E-state index contributed by atoms with van der Waals surface area (Å²) in [6.07, 6.45) is -1.72. The van der Waals surface area contributed by atoms with Gasteiger partial charge in [-0.2, -0.15) is 13.2 Å². The number of alkyl halides is 3. The fraction of sp³-hybridized carbons (Fsp3) is 0.375. The summed E-state index contributed by atoms with van der Waals surface area (Å²) < 4.78 is 37.4. The second-order valence-corrected chi connectivity index (χ2v) is 4.76. The molecule has 7 heteroatoms. The van der Waals surface area contributed by atoms with E-state index >= 15 is 0 Å². The molecule has 0 unspecified atom stereocenters. The molecule has 0 saturated carbocycles. The first kappa shape index (κ1) is 18.7. The minimum Gasteiger partial charge on any atom is -0.355 e. The van der Waals surface area contributed by atoms with Crippen molar-refractivity contribution in [2.45, 2.75) is 20.0 Å². The van der Waals surface area contributed by atoms with Gasteiger partial charge in [-0.3, -0.25) is 9.59 Å². The van der Waals surface area contributed by atoms with E-state index in [2.05, 4.69) is 5.32 Å². The minimum atomic E-state index is -4.39. The fourth-order valence-corrected chi connectivity index (χ4v) is 1.83. The Morgan fingerprint density at radius 3 is 2.26 bits per heavy atom. The Balaban J connectivity index is 2.71. The van der Waals surface area contributed by atoms with Crippen molar-refractivity contribution in [2.75, 3.05) is 19.6 Å². The van der Waals surface area contributed by atoms with Gasteiger partial charge in [0.1, 0.15) is 0 Å². The summed E-state index contributed by atoms with van der Waals surface area (Å²) in [4.78, 5) is 24.8. The van der Waals surface area contributed by atoms with Crippen LogP contribution >= 0.6 is 0 Å². The molecule has 0 aromatic heterocycles. The Hall–Kier alpha value is -2.31. The minimum absolute atomic E-state index is 0.0550. The van der Waals surface area contributed by atoms with Gasteiger partial charge in [0.15, 0.2) is 0 Å². The zero-order chi connectivity index (χ0) is 17.5. The van der Waals surface area contributed by atoms with Crippen molar-refractivity contribution >= 4 is 17.9 Å². The third-order valence-corrected chi connectivity index (χ3v) is 3.06. The van der Waals surface area contributed by atoms with Crippen LogP contribution in [0.1, 0.15) is 25.0 Å². The van der Waals surface area contributed by atoms with Gasteiger partial charge >= 0.3 is 6.18 Å². The molecule has 23 heavy (non-hydrogen) atoms. The Bertz CT molecular complexity index is 566. The zero-order valence-electron chi connectivity index (χ0n) is 13.0. The summed E-state index contributed by atoms with van der Waals surface area (Å²) in [5.74, 6) is -0.635. The topological polar surface area (TPSA) is 49.4 Å². The molecule has 0 heterocycles. The van der Waals surface area contributed by atoms with Gasteiger partial charge < -0.3 is 10.2 Å². The number of carbonyl (C=O) groups is 2. The number of rotatable bonds is 6. The van der Waals surface area contributed by atoms with Crippen molar-refractivity contribution in [3.8, 4) is 0 Å². The van der Waals surface area contributed by atoms with Crippen LogP contribution in [0.3, 0.4) is 0 Å². The molecule has 0 saturated heterocycles. The first-order valence-electron chi connectivity index (χ1n) is 7.18. The molecule has 0 spiro atoms. The van der Waals surface area contributed by atoms with E-state index in [1.165, 1.54) is 29.2 Å². The molecule has 0 aliphatic rings. The van der Waals surface area contributed by atoms with Gasteiger partial charge in [0.05, 0.1) is 12.1 Å². The summed E-state index contributed by atoms with van der Waals surface area (Å²) in [5.41, 5.74) is -0.271. The predicted octanol–water partition coefficient (Wildman–Crippen LogP) is 2.70. The molecular formula is C16H19F3N2O2. The van der Waals surface area contributed by atoms with Crippen molar-refractivity contribution in [3.05, 3.63) is 41.5 Å². The Morgan fingerprint density at radius 1 is 1.17 bits per heavy atom. The summed E-state index contributed by atoms with van der Waals surface area (Å²) in [6.45, 7) is 4.30. The van der Waals surface area contributed by atoms with Gasteiger partial charge in [-0.25, -0.2) is 0 Å². The predicted molar refractivity (Wildman–Crippen MR) is 81.4 cm³/mol. The Morgan fingerprint density at radius 2 is 1.78 bits per heavy atom. The highest BCUT2D eigenvalue weighted by atomic mass is 19.4. The number of hydrogen-bond acceptors (Lipinski definition) is 2. The third kappa shape index (κ3) is 6.14. The second-order valence-electron chi connectivity index (χ2n) is 4.76. The summed E-state index contributed by atoms with van der Waals surface area (Å²) in [7, 11) is 0. The van der Waals surface area contributed by atoms with Gasteiger partial charge in [0.2, 0.25) is 11.8 Å². The number of carbonyl (C=O) groups excluding carboxylic acids is 2. The van der Waals surface area contributed by atoms with E-state index in [0.717, 1.165) is 12.1 Å². The number of nitrogens with one attached hydrogen (secondary N) is 1. The molecule has 4 nitrogen and oxygen atoms in total. The zero-order valence-corrected chi connectivity index (χ0v) is 13.0. The van der Waals surface area contributed by atoms with Gasteiger partial charge in [-0.1, -0.05) is 12.1 Å². The maximum atomic E-state index is 12.5. The molecule has 0 radical (unpaired) electrons. The third-order valence-electron chi connectivity index (χ3n) is 3.06. The van der Waals surface area contributed by atoms with Crippen LogP contribution in [0.2, 0.25) is 0 Å². The smallest absolute Gasteiger partial charge is 0.355 e. The second kappa shape index (κ2) is 8.36. The average Bonchev–Trinajstić information content (AvgIpc) is 2.50. The number of benzene rings is 1. The summed E-state index contributed by atoms with van der Waals surface area (Å²) in [6, 6.07) is 4.48. The quantitative estimate of drug-likeness (QED) is 0.816. The lowest BCUT2D eigenvalue weighted by Crippen LogP contribution is -2.39. The molecule has 0 aliphatic carbocycles. The average molecular weight is 328 g/mol. The van der Waals surface area contributed by atoms with E-state index in [-0.39, 0.29) is 18.4 Å². The highest BCUT2D eigenvalue weighted by Crippen LogP contribution is 2.29. The van der Waals surface area contributed by atoms with Gasteiger partial charge in [-0.05, 0) is 37.6 Å². The van der Waals surface area contributed by atoms with E-state index in [4.69, 9.17) is 0 Å². The number of nitrogens with zero attached hydrogens (tertiary/aromatic N) is 1. The van der Waals surface area contributed by atoms with Crippen LogP contribution in [0.4, 0.5) is 13.2 Å². The van der Waals surface area contributed by atoms with Crippen LogP contribution in [0.5, 0.6) is 0 Å². The lowest BCUT2D eigenvalue weighted by Gasteiger charge is -2.18. The molecule has 1 N–H and O–H groups in total. The van der Waals surface area contributed by atoms with E-state index in [0.29, 0.717) is 18.7 Å². The lowest BCUT2D eigenvalue weighted by atomic mass is 10.1. The first-order chi connectivity index (χ1) is 10.8. The van der Waals surface area contributed by atoms with Crippen molar-refractivity contribution < 1.29 is 22.8 Å². The van der Waals surface area contributed by atoms with Gasteiger partial charge in [0, 0.05) is 19.2 Å². The van der Waals surface area contributed by atoms with Gasteiger partial charge in [-0.15, -0.1) is 0 Å². The molecule has 1 rings (SSSR count). The van der Waals surface area contributed by atoms with Gasteiger partial charge in [0.25, 0.3) is 0 Å². The van der Waals surface area contributed by atoms with E-state index in [1.54, 1.807) is 13.8 Å². The van der Waals surface area contributed by atoms with Crippen LogP contribution in [-0.4, -0.2) is 36.3 Å². The van der Waals surface area contributed by atoms with E-state index < -0.39 is 11.7 Å². The number of halogens is 3. The highest BCUT2D eigenvalue weighted by Gasteiger charge is 2.29. The van der Waals surface area contributed by atoms with Crippen molar-refractivity contribution in [1.29, 1.82) is 0 Å². The maximum Gasteiger partial charge on any atom is 0.416 e. The van der Waals surface area contributed by atoms with Crippen LogP contribution in [0, 0.1) is 0 Å². The molecule has 0 bridgehead atoms. The molecule has 1 aromatic rings. The molecule has 2 amide bonds. The molecule has 0 fully saturated rings. The monoisotopic (exact) mass is 328 g/mol. The lowest BCUT2D eigenvalue weighted by molar-refractivity contribution is -0.137. The molecule has 126 valence electrons. The maximum absolute atomic E-state index is 12.5. The number of likely N-dealkylation sites (N-methyl/N-ethyl adjacent to an activating group) is 2. The largest absolute Gasteiger partial charge is 0.416 e. The molecule has 1 aromatic carbocycles. The molecular weight excluding hydrogens is 309 g/mol.